The van der Waals surface area contributed by atoms with Gasteiger partial charge in [-0.2, -0.15) is 0 Å². The van der Waals surface area contributed by atoms with Gasteiger partial charge in [-0.05, 0) is 25.0 Å². The topological polar surface area (TPSA) is 0 Å². The zero-order chi connectivity index (χ0) is 13.4. The standard InChI is InChI=1S/C12H16.2C2H6/c1-5-9-12(10-6-2)11(7-3)8-4;2*1-2/h5-10H,1,3H2,2,4H3;2*1-2H3/b10-6-,11-8-,12-9-;;. The molecule has 0 radical (unpaired) electrons. The highest BCUT2D eigenvalue weighted by atomic mass is 14.0. The van der Waals surface area contributed by atoms with Crippen LogP contribution >= 0.6 is 0 Å². The molecule has 0 atom stereocenters. The van der Waals surface area contributed by atoms with Crippen LogP contribution in [0.1, 0.15) is 41.5 Å². The van der Waals surface area contributed by atoms with E-state index in [4.69, 9.17) is 0 Å². The van der Waals surface area contributed by atoms with Crippen molar-refractivity contribution in [1.82, 2.24) is 0 Å². The van der Waals surface area contributed by atoms with Crippen molar-refractivity contribution in [3.63, 3.8) is 0 Å². The molecule has 0 aromatic rings. The summed E-state index contributed by atoms with van der Waals surface area (Å²) >= 11 is 0. The van der Waals surface area contributed by atoms with Crippen molar-refractivity contribution in [2.75, 3.05) is 0 Å². The van der Waals surface area contributed by atoms with Crippen molar-refractivity contribution in [2.24, 2.45) is 0 Å². The molecule has 0 spiro atoms. The monoisotopic (exact) mass is 220 g/mol. The lowest BCUT2D eigenvalue weighted by molar-refractivity contribution is 1.49. The van der Waals surface area contributed by atoms with Gasteiger partial charge in [0.05, 0.1) is 0 Å². The third-order valence-electron chi connectivity index (χ3n) is 1.51. The van der Waals surface area contributed by atoms with Crippen LogP contribution in [0.2, 0.25) is 0 Å². The molecule has 0 heteroatoms. The number of allylic oxidation sites excluding steroid dienone is 8. The van der Waals surface area contributed by atoms with Gasteiger partial charge in [0, 0.05) is 0 Å². The van der Waals surface area contributed by atoms with Gasteiger partial charge in [0.1, 0.15) is 0 Å². The zero-order valence-corrected chi connectivity index (χ0v) is 11.9. The van der Waals surface area contributed by atoms with Crippen molar-refractivity contribution in [3.8, 4) is 0 Å². The molecule has 0 saturated heterocycles. The van der Waals surface area contributed by atoms with Gasteiger partial charge in [-0.3, -0.25) is 0 Å². The van der Waals surface area contributed by atoms with Gasteiger partial charge in [0.15, 0.2) is 0 Å². The highest BCUT2D eigenvalue weighted by Crippen LogP contribution is 2.12. The molecule has 0 saturated carbocycles. The van der Waals surface area contributed by atoms with E-state index >= 15 is 0 Å². The summed E-state index contributed by atoms with van der Waals surface area (Å²) in [4.78, 5) is 0. The number of rotatable bonds is 4. The van der Waals surface area contributed by atoms with E-state index in [-0.39, 0.29) is 0 Å². The quantitative estimate of drug-likeness (QED) is 0.520. The maximum Gasteiger partial charge on any atom is -0.0191 e. The van der Waals surface area contributed by atoms with Gasteiger partial charge in [-0.25, -0.2) is 0 Å². The fourth-order valence-corrected chi connectivity index (χ4v) is 0.957. The molecule has 0 fully saturated rings. The molecule has 0 unspecified atom stereocenters. The second kappa shape index (κ2) is 19.3. The van der Waals surface area contributed by atoms with E-state index in [1.165, 1.54) is 0 Å². The summed E-state index contributed by atoms with van der Waals surface area (Å²) in [6.07, 6.45) is 11.7. The fraction of sp³-hybridized carbons (Fsp3) is 0.375. The minimum absolute atomic E-state index is 1.13. The Balaban J connectivity index is -0.000000376. The van der Waals surface area contributed by atoms with Crippen molar-refractivity contribution < 1.29 is 0 Å². The van der Waals surface area contributed by atoms with Crippen LogP contribution in [0.3, 0.4) is 0 Å². The summed E-state index contributed by atoms with van der Waals surface area (Å²) in [5.74, 6) is 0. The van der Waals surface area contributed by atoms with Gasteiger partial charge in [-0.15, -0.1) is 0 Å². The van der Waals surface area contributed by atoms with Gasteiger partial charge in [-0.1, -0.05) is 77.3 Å². The molecule has 16 heavy (non-hydrogen) atoms. The highest BCUT2D eigenvalue weighted by Gasteiger charge is 1.92. The first kappa shape index (κ1) is 20.2. The van der Waals surface area contributed by atoms with Crippen molar-refractivity contribution in [3.05, 3.63) is 60.8 Å². The average molecular weight is 220 g/mol. The SMILES string of the molecule is C=C/C=C(/C=C\C)C(\C=C)=C/C.CC.CC. The van der Waals surface area contributed by atoms with Crippen LogP contribution in [0.25, 0.3) is 0 Å². The average Bonchev–Trinajstić information content (AvgIpc) is 2.36. The Labute approximate surface area is 103 Å². The Kier molecular flexibility index (Phi) is 24.3. The van der Waals surface area contributed by atoms with Gasteiger partial charge < -0.3 is 0 Å². The molecule has 0 nitrogen and oxygen atoms in total. The predicted octanol–water partition coefficient (Wildman–Crippen LogP) is 5.86. The second-order valence-electron chi connectivity index (χ2n) is 2.31. The lowest BCUT2D eigenvalue weighted by Crippen LogP contribution is -1.80. The van der Waals surface area contributed by atoms with Crippen molar-refractivity contribution in [2.45, 2.75) is 41.5 Å². The molecule has 0 aliphatic carbocycles. The van der Waals surface area contributed by atoms with E-state index in [2.05, 4.69) is 13.2 Å². The molecule has 92 valence electrons. The minimum atomic E-state index is 1.13. The molecule has 0 rings (SSSR count). The first-order valence-electron chi connectivity index (χ1n) is 6.04. The van der Waals surface area contributed by atoms with Crippen LogP contribution in [-0.4, -0.2) is 0 Å². The largest absolute Gasteiger partial charge is 0.0990 e. The summed E-state index contributed by atoms with van der Waals surface area (Å²) in [5.41, 5.74) is 2.28. The summed E-state index contributed by atoms with van der Waals surface area (Å²) in [7, 11) is 0. The van der Waals surface area contributed by atoms with Gasteiger partial charge in [0.2, 0.25) is 0 Å². The smallest absolute Gasteiger partial charge is 0.0191 e. The van der Waals surface area contributed by atoms with Crippen LogP contribution in [0.15, 0.2) is 60.8 Å². The summed E-state index contributed by atoms with van der Waals surface area (Å²) in [5, 5.41) is 0. The second-order valence-corrected chi connectivity index (χ2v) is 2.31. The normalized spacial score (nSPS) is 10.9. The van der Waals surface area contributed by atoms with E-state index in [1.807, 2.05) is 71.9 Å². The Morgan fingerprint density at radius 2 is 1.38 bits per heavy atom. The summed E-state index contributed by atoms with van der Waals surface area (Å²) < 4.78 is 0. The Morgan fingerprint density at radius 1 is 0.875 bits per heavy atom. The first-order chi connectivity index (χ1) is 7.79. The molecular weight excluding hydrogens is 192 g/mol. The molecular formula is C16H28. The Bertz CT molecular complexity index is 237. The Morgan fingerprint density at radius 3 is 1.62 bits per heavy atom. The lowest BCUT2D eigenvalue weighted by atomic mass is 10.1. The van der Waals surface area contributed by atoms with E-state index in [9.17, 15) is 0 Å². The molecule has 0 amide bonds. The van der Waals surface area contributed by atoms with Crippen molar-refractivity contribution >= 4 is 0 Å². The lowest BCUT2D eigenvalue weighted by Gasteiger charge is -2.00. The maximum absolute atomic E-state index is 3.74. The molecule has 0 heterocycles. The maximum atomic E-state index is 3.74. The number of hydrogen-bond acceptors (Lipinski definition) is 0. The van der Waals surface area contributed by atoms with Crippen molar-refractivity contribution in [1.29, 1.82) is 0 Å². The van der Waals surface area contributed by atoms with Crippen LogP contribution in [0.4, 0.5) is 0 Å². The van der Waals surface area contributed by atoms with Gasteiger partial charge in [0.25, 0.3) is 0 Å². The van der Waals surface area contributed by atoms with E-state index in [0.717, 1.165) is 11.1 Å². The number of hydrogen-bond donors (Lipinski definition) is 0. The minimum Gasteiger partial charge on any atom is -0.0990 e. The Hall–Kier alpha value is -1.30. The third kappa shape index (κ3) is 10.8. The van der Waals surface area contributed by atoms with Crippen LogP contribution in [0, 0.1) is 0 Å². The molecule has 0 aliphatic heterocycles. The summed E-state index contributed by atoms with van der Waals surface area (Å²) in [6.45, 7) is 19.4. The van der Waals surface area contributed by atoms with Gasteiger partial charge >= 0.3 is 0 Å². The molecule has 0 N–H and O–H groups in total. The summed E-state index contributed by atoms with van der Waals surface area (Å²) in [6, 6.07) is 0. The zero-order valence-electron chi connectivity index (χ0n) is 11.9. The van der Waals surface area contributed by atoms with E-state index in [0.29, 0.717) is 0 Å². The van der Waals surface area contributed by atoms with E-state index in [1.54, 1.807) is 6.08 Å². The van der Waals surface area contributed by atoms with Crippen LogP contribution < -0.4 is 0 Å². The fourth-order valence-electron chi connectivity index (χ4n) is 0.957. The third-order valence-corrected chi connectivity index (χ3v) is 1.51. The molecule has 0 bridgehead atoms. The van der Waals surface area contributed by atoms with E-state index < -0.39 is 0 Å². The predicted molar refractivity (Wildman–Crippen MR) is 79.7 cm³/mol. The molecule has 0 aromatic carbocycles. The van der Waals surface area contributed by atoms with Crippen LogP contribution in [-0.2, 0) is 0 Å². The first-order valence-corrected chi connectivity index (χ1v) is 6.04. The molecule has 0 aliphatic rings. The highest BCUT2D eigenvalue weighted by molar-refractivity contribution is 5.46. The van der Waals surface area contributed by atoms with Crippen LogP contribution in [0.5, 0.6) is 0 Å². The molecule has 0 aromatic heterocycles.